The zero-order valence-corrected chi connectivity index (χ0v) is 17.6. The summed E-state index contributed by atoms with van der Waals surface area (Å²) in [5, 5.41) is 8.23. The summed E-state index contributed by atoms with van der Waals surface area (Å²) in [5.74, 6) is -0.393. The minimum atomic E-state index is -0.208. The summed E-state index contributed by atoms with van der Waals surface area (Å²) in [7, 11) is 1.39. The second-order valence-electron chi connectivity index (χ2n) is 6.82. The van der Waals surface area contributed by atoms with E-state index in [9.17, 15) is 9.59 Å². The molecule has 3 aromatic rings. The highest BCUT2D eigenvalue weighted by Crippen LogP contribution is 2.25. The van der Waals surface area contributed by atoms with Gasteiger partial charge in [-0.1, -0.05) is 48.4 Å². The Labute approximate surface area is 180 Å². The van der Waals surface area contributed by atoms with E-state index < -0.39 is 0 Å². The van der Waals surface area contributed by atoms with Gasteiger partial charge in [-0.05, 0) is 37.1 Å². The number of amides is 1. The molecule has 7 heteroatoms. The topological polar surface area (TPSA) is 73.2 Å². The van der Waals surface area contributed by atoms with Crippen LogP contribution in [0.3, 0.4) is 0 Å². The molecule has 1 heterocycles. The van der Waals surface area contributed by atoms with Gasteiger partial charge in [0.15, 0.2) is 0 Å². The van der Waals surface area contributed by atoms with Gasteiger partial charge in [0, 0.05) is 29.7 Å². The van der Waals surface area contributed by atoms with Crippen LogP contribution >= 0.6 is 11.6 Å². The molecule has 0 unspecified atom stereocenters. The van der Waals surface area contributed by atoms with Crippen LogP contribution in [0.2, 0.25) is 5.02 Å². The molecule has 0 fully saturated rings. The van der Waals surface area contributed by atoms with Crippen molar-refractivity contribution in [1.29, 1.82) is 0 Å². The molecule has 0 aliphatic rings. The van der Waals surface area contributed by atoms with E-state index in [-0.39, 0.29) is 11.9 Å². The molecule has 1 N–H and O–H groups in total. The fourth-order valence-corrected chi connectivity index (χ4v) is 3.17. The van der Waals surface area contributed by atoms with E-state index >= 15 is 0 Å². The molecular formula is C23H24ClN3O3. The SMILES string of the molecule is COC(=O)CCCCCNC(=O)c1cn(-c2ccccc2)nc1-c1ccc(Cl)cc1. The number of methoxy groups -OCH3 is 1. The van der Waals surface area contributed by atoms with Crippen molar-refractivity contribution in [2.45, 2.75) is 25.7 Å². The maximum absolute atomic E-state index is 12.9. The summed E-state index contributed by atoms with van der Waals surface area (Å²) < 4.78 is 6.33. The number of ether oxygens (including phenoxy) is 1. The van der Waals surface area contributed by atoms with Crippen molar-refractivity contribution in [3.8, 4) is 16.9 Å². The molecule has 2 aromatic carbocycles. The molecule has 1 aromatic heterocycles. The highest BCUT2D eigenvalue weighted by molar-refractivity contribution is 6.30. The monoisotopic (exact) mass is 425 g/mol. The van der Waals surface area contributed by atoms with Crippen molar-refractivity contribution in [2.75, 3.05) is 13.7 Å². The van der Waals surface area contributed by atoms with Gasteiger partial charge in [0.05, 0.1) is 18.4 Å². The first kappa shape index (κ1) is 21.6. The number of nitrogens with zero attached hydrogens (tertiary/aromatic N) is 2. The molecule has 1 amide bonds. The maximum atomic E-state index is 12.9. The fraction of sp³-hybridized carbons (Fsp3) is 0.261. The Bertz CT molecular complexity index is 985. The third-order valence-corrected chi connectivity index (χ3v) is 4.92. The van der Waals surface area contributed by atoms with Gasteiger partial charge in [0.25, 0.3) is 5.91 Å². The average molecular weight is 426 g/mol. The van der Waals surface area contributed by atoms with E-state index in [1.54, 1.807) is 23.0 Å². The number of esters is 1. The minimum Gasteiger partial charge on any atom is -0.469 e. The van der Waals surface area contributed by atoms with Gasteiger partial charge in [-0.25, -0.2) is 4.68 Å². The summed E-state index contributed by atoms with van der Waals surface area (Å²) in [5.41, 5.74) is 2.78. The molecule has 0 bridgehead atoms. The van der Waals surface area contributed by atoms with E-state index in [0.29, 0.717) is 29.2 Å². The lowest BCUT2D eigenvalue weighted by Gasteiger charge is -2.06. The van der Waals surface area contributed by atoms with Crippen LogP contribution in [0.4, 0.5) is 0 Å². The molecule has 0 aliphatic heterocycles. The number of hydrogen-bond acceptors (Lipinski definition) is 4. The zero-order chi connectivity index (χ0) is 21.3. The van der Waals surface area contributed by atoms with E-state index in [1.165, 1.54) is 7.11 Å². The maximum Gasteiger partial charge on any atom is 0.305 e. The van der Waals surface area contributed by atoms with Crippen molar-refractivity contribution in [2.24, 2.45) is 0 Å². The van der Waals surface area contributed by atoms with Crippen LogP contribution in [0.15, 0.2) is 60.8 Å². The fourth-order valence-electron chi connectivity index (χ4n) is 3.04. The molecule has 0 aliphatic carbocycles. The van der Waals surface area contributed by atoms with Crippen molar-refractivity contribution in [3.63, 3.8) is 0 Å². The first-order valence-corrected chi connectivity index (χ1v) is 10.2. The Hall–Kier alpha value is -3.12. The lowest BCUT2D eigenvalue weighted by atomic mass is 10.1. The first-order chi connectivity index (χ1) is 14.6. The first-order valence-electron chi connectivity index (χ1n) is 9.84. The summed E-state index contributed by atoms with van der Waals surface area (Å²) in [6, 6.07) is 16.9. The molecule has 0 radical (unpaired) electrons. The second-order valence-corrected chi connectivity index (χ2v) is 7.26. The van der Waals surface area contributed by atoms with Crippen LogP contribution in [0.1, 0.15) is 36.0 Å². The van der Waals surface area contributed by atoms with Crippen molar-refractivity contribution >= 4 is 23.5 Å². The summed E-state index contributed by atoms with van der Waals surface area (Å²) in [4.78, 5) is 24.0. The zero-order valence-electron chi connectivity index (χ0n) is 16.8. The molecule has 30 heavy (non-hydrogen) atoms. The Kier molecular flexibility index (Phi) is 7.63. The van der Waals surface area contributed by atoms with Crippen LogP contribution in [0.5, 0.6) is 0 Å². The number of rotatable bonds is 9. The highest BCUT2D eigenvalue weighted by atomic mass is 35.5. The Morgan fingerprint density at radius 3 is 2.47 bits per heavy atom. The molecule has 0 atom stereocenters. The van der Waals surface area contributed by atoms with Gasteiger partial charge >= 0.3 is 5.97 Å². The normalized spacial score (nSPS) is 10.6. The van der Waals surface area contributed by atoms with Crippen LogP contribution in [-0.4, -0.2) is 35.3 Å². The molecule has 3 rings (SSSR count). The van der Waals surface area contributed by atoms with Gasteiger partial charge in [-0.2, -0.15) is 5.10 Å². The number of halogens is 1. The molecule has 0 spiro atoms. The second kappa shape index (κ2) is 10.6. The third-order valence-electron chi connectivity index (χ3n) is 4.67. The van der Waals surface area contributed by atoms with Crippen molar-refractivity contribution in [3.05, 3.63) is 71.4 Å². The number of carbonyl (C=O) groups excluding carboxylic acids is 2. The van der Waals surface area contributed by atoms with Gasteiger partial charge in [-0.15, -0.1) is 0 Å². The van der Waals surface area contributed by atoms with Gasteiger partial charge in [0.2, 0.25) is 0 Å². The number of hydrogen-bond donors (Lipinski definition) is 1. The number of aromatic nitrogens is 2. The molecule has 0 saturated heterocycles. The van der Waals surface area contributed by atoms with Crippen molar-refractivity contribution in [1.82, 2.24) is 15.1 Å². The Morgan fingerprint density at radius 2 is 1.77 bits per heavy atom. The predicted molar refractivity (Wildman–Crippen MR) is 117 cm³/mol. The van der Waals surface area contributed by atoms with Crippen molar-refractivity contribution < 1.29 is 14.3 Å². The average Bonchev–Trinajstić information content (AvgIpc) is 3.22. The standard InChI is InChI=1S/C23H24ClN3O3/c1-30-21(28)10-6-3-7-15-25-23(29)20-16-27(19-8-4-2-5-9-19)26-22(20)17-11-13-18(24)14-12-17/h2,4-5,8-9,11-14,16H,3,6-7,10,15H2,1H3,(H,25,29). The largest absolute Gasteiger partial charge is 0.469 e. The van der Waals surface area contributed by atoms with Gasteiger partial charge in [0.1, 0.15) is 5.69 Å². The minimum absolute atomic E-state index is 0.185. The summed E-state index contributed by atoms with van der Waals surface area (Å²) in [6.45, 7) is 0.524. The summed E-state index contributed by atoms with van der Waals surface area (Å²) >= 11 is 6.01. The number of carbonyl (C=O) groups is 2. The number of benzene rings is 2. The Balaban J connectivity index is 1.72. The van der Waals surface area contributed by atoms with Gasteiger partial charge in [-0.3, -0.25) is 9.59 Å². The van der Waals surface area contributed by atoms with E-state index in [2.05, 4.69) is 15.2 Å². The summed E-state index contributed by atoms with van der Waals surface area (Å²) in [6.07, 6.45) is 4.50. The van der Waals surface area contributed by atoms with Crippen LogP contribution in [0, 0.1) is 0 Å². The smallest absolute Gasteiger partial charge is 0.305 e. The quantitative estimate of drug-likeness (QED) is 0.400. The lowest BCUT2D eigenvalue weighted by molar-refractivity contribution is -0.140. The molecule has 0 saturated carbocycles. The molecule has 156 valence electrons. The van der Waals surface area contributed by atoms with E-state index in [1.807, 2.05) is 42.5 Å². The van der Waals surface area contributed by atoms with E-state index in [0.717, 1.165) is 30.5 Å². The molecule has 6 nitrogen and oxygen atoms in total. The lowest BCUT2D eigenvalue weighted by Crippen LogP contribution is -2.24. The van der Waals surface area contributed by atoms with E-state index in [4.69, 9.17) is 11.6 Å². The van der Waals surface area contributed by atoms with Crippen LogP contribution in [0.25, 0.3) is 16.9 Å². The third kappa shape index (κ3) is 5.70. The number of nitrogens with one attached hydrogen (secondary N) is 1. The number of para-hydroxylation sites is 1. The predicted octanol–water partition coefficient (Wildman–Crippen LogP) is 4.66. The Morgan fingerprint density at radius 1 is 1.03 bits per heavy atom. The van der Waals surface area contributed by atoms with Crippen LogP contribution in [-0.2, 0) is 9.53 Å². The van der Waals surface area contributed by atoms with Crippen LogP contribution < -0.4 is 5.32 Å². The number of unbranched alkanes of at least 4 members (excludes halogenated alkanes) is 2. The molecular weight excluding hydrogens is 402 g/mol. The highest BCUT2D eigenvalue weighted by Gasteiger charge is 2.18. The van der Waals surface area contributed by atoms with Gasteiger partial charge < -0.3 is 10.1 Å².